The molecule has 4 rings (SSSR count). The van der Waals surface area contributed by atoms with Gasteiger partial charge in [0.05, 0.1) is 17.5 Å². The summed E-state index contributed by atoms with van der Waals surface area (Å²) in [6.07, 6.45) is 6.54. The van der Waals surface area contributed by atoms with E-state index in [-0.39, 0.29) is 17.6 Å². The van der Waals surface area contributed by atoms with Crippen LogP contribution in [0, 0.1) is 5.41 Å². The summed E-state index contributed by atoms with van der Waals surface area (Å²) in [5, 5.41) is 11.4. The lowest BCUT2D eigenvalue weighted by Crippen LogP contribution is -2.42. The Labute approximate surface area is 160 Å². The summed E-state index contributed by atoms with van der Waals surface area (Å²) in [5.74, 6) is 0. The topological polar surface area (TPSA) is 49.5 Å². The molecule has 1 atom stereocenters. The van der Waals surface area contributed by atoms with Gasteiger partial charge in [-0.25, -0.2) is 0 Å². The molecule has 0 amide bonds. The minimum Gasteiger partial charge on any atom is -0.464 e. The summed E-state index contributed by atoms with van der Waals surface area (Å²) >= 11 is 0. The van der Waals surface area contributed by atoms with E-state index in [1.165, 1.54) is 5.56 Å². The lowest BCUT2D eigenvalue weighted by atomic mass is 9.82. The van der Waals surface area contributed by atoms with Gasteiger partial charge >= 0.3 is 0 Å². The van der Waals surface area contributed by atoms with E-state index < -0.39 is 0 Å². The van der Waals surface area contributed by atoms with Crippen molar-refractivity contribution in [3.63, 3.8) is 0 Å². The third-order valence-electron chi connectivity index (χ3n) is 6.32. The lowest BCUT2D eigenvalue weighted by Gasteiger charge is -2.37. The quantitative estimate of drug-likeness (QED) is 0.705. The maximum atomic E-state index is 10.2. The van der Waals surface area contributed by atoms with E-state index >= 15 is 0 Å². The second-order valence-electron chi connectivity index (χ2n) is 8.40. The highest BCUT2D eigenvalue weighted by Crippen LogP contribution is 2.40. The van der Waals surface area contributed by atoms with Crippen LogP contribution in [-0.2, 0) is 12.0 Å². The summed E-state index contributed by atoms with van der Waals surface area (Å²) in [6, 6.07) is 14.5. The predicted octanol–water partition coefficient (Wildman–Crippen LogP) is 4.38. The molecule has 1 aliphatic rings. The molecule has 1 saturated heterocycles. The number of aryl methyl sites for hydroxylation is 1. The first kappa shape index (κ1) is 18.2. The summed E-state index contributed by atoms with van der Waals surface area (Å²) < 4.78 is 5.53. The summed E-state index contributed by atoms with van der Waals surface area (Å²) in [7, 11) is 0. The van der Waals surface area contributed by atoms with Crippen LogP contribution in [0.3, 0.4) is 0 Å². The zero-order valence-electron chi connectivity index (χ0n) is 16.2. The summed E-state index contributed by atoms with van der Waals surface area (Å²) in [5.41, 5.74) is 3.11. The standard InChI is InChI=1S/C23H28N2O2/c1-22(2,21-5-3-4-12-24-21)25-13-11-23(16-25,17-26)10-8-18-6-7-19-9-14-27-20(19)15-18/h3-7,9,12,14-15,26H,8,10-11,13,16-17H2,1-2H3/t23-/m1/s1. The van der Waals surface area contributed by atoms with Crippen LogP contribution < -0.4 is 0 Å². The first-order valence-corrected chi connectivity index (χ1v) is 9.76. The molecule has 0 aliphatic carbocycles. The van der Waals surface area contributed by atoms with Crippen LogP contribution >= 0.6 is 0 Å². The number of aliphatic hydroxyl groups excluding tert-OH is 1. The Morgan fingerprint density at radius 2 is 2.11 bits per heavy atom. The van der Waals surface area contributed by atoms with Crippen LogP contribution in [0.4, 0.5) is 0 Å². The summed E-state index contributed by atoms with van der Waals surface area (Å²) in [6.45, 7) is 6.57. The highest BCUT2D eigenvalue weighted by molar-refractivity contribution is 5.77. The third-order valence-corrected chi connectivity index (χ3v) is 6.32. The SMILES string of the molecule is CC(C)(c1ccccn1)N1CC[C@](CO)(CCc2ccc3ccoc3c2)C1. The molecule has 0 radical (unpaired) electrons. The van der Waals surface area contributed by atoms with E-state index in [1.807, 2.05) is 24.4 Å². The highest BCUT2D eigenvalue weighted by Gasteiger charge is 2.43. The first-order chi connectivity index (χ1) is 13.0. The van der Waals surface area contributed by atoms with Gasteiger partial charge in [-0.3, -0.25) is 9.88 Å². The van der Waals surface area contributed by atoms with Gasteiger partial charge in [-0.05, 0) is 69.5 Å². The van der Waals surface area contributed by atoms with E-state index in [0.29, 0.717) is 0 Å². The second-order valence-corrected chi connectivity index (χ2v) is 8.40. The van der Waals surface area contributed by atoms with Crippen LogP contribution in [0.1, 0.15) is 37.9 Å². The van der Waals surface area contributed by atoms with Gasteiger partial charge in [0, 0.05) is 30.1 Å². The average Bonchev–Trinajstić information content (AvgIpc) is 3.34. The molecule has 4 heteroatoms. The largest absolute Gasteiger partial charge is 0.464 e. The van der Waals surface area contributed by atoms with Crippen LogP contribution in [0.25, 0.3) is 11.0 Å². The van der Waals surface area contributed by atoms with Crippen molar-refractivity contribution in [2.75, 3.05) is 19.7 Å². The first-order valence-electron chi connectivity index (χ1n) is 9.76. The Kier molecular flexibility index (Phi) is 4.79. The number of pyridine rings is 1. The van der Waals surface area contributed by atoms with Gasteiger partial charge in [-0.15, -0.1) is 0 Å². The van der Waals surface area contributed by atoms with Crippen molar-refractivity contribution < 1.29 is 9.52 Å². The molecule has 1 aromatic carbocycles. The molecule has 1 fully saturated rings. The molecule has 3 heterocycles. The van der Waals surface area contributed by atoms with Crippen molar-refractivity contribution in [3.05, 3.63) is 66.2 Å². The van der Waals surface area contributed by atoms with E-state index in [0.717, 1.165) is 49.0 Å². The van der Waals surface area contributed by atoms with Gasteiger partial charge in [0.1, 0.15) is 5.58 Å². The molecular weight excluding hydrogens is 336 g/mol. The molecule has 0 bridgehead atoms. The van der Waals surface area contributed by atoms with Gasteiger partial charge in [0.25, 0.3) is 0 Å². The maximum absolute atomic E-state index is 10.2. The van der Waals surface area contributed by atoms with Crippen molar-refractivity contribution >= 4 is 11.0 Å². The van der Waals surface area contributed by atoms with E-state index in [1.54, 1.807) is 6.26 Å². The van der Waals surface area contributed by atoms with Crippen molar-refractivity contribution in [1.82, 2.24) is 9.88 Å². The number of hydrogen-bond acceptors (Lipinski definition) is 4. The third kappa shape index (κ3) is 3.52. The Morgan fingerprint density at radius 3 is 2.89 bits per heavy atom. The zero-order valence-corrected chi connectivity index (χ0v) is 16.2. The van der Waals surface area contributed by atoms with E-state index in [9.17, 15) is 5.11 Å². The fourth-order valence-corrected chi connectivity index (χ4v) is 4.28. The highest BCUT2D eigenvalue weighted by atomic mass is 16.3. The minimum atomic E-state index is -0.134. The minimum absolute atomic E-state index is 0.0514. The number of fused-ring (bicyclic) bond motifs is 1. The van der Waals surface area contributed by atoms with Crippen LogP contribution in [-0.4, -0.2) is 34.7 Å². The Bertz CT molecular complexity index is 903. The molecule has 0 unspecified atom stereocenters. The molecule has 1 N–H and O–H groups in total. The molecule has 2 aromatic heterocycles. The maximum Gasteiger partial charge on any atom is 0.134 e. The number of aromatic nitrogens is 1. The fourth-order valence-electron chi connectivity index (χ4n) is 4.28. The Morgan fingerprint density at radius 1 is 1.22 bits per heavy atom. The molecule has 1 aliphatic heterocycles. The number of benzene rings is 1. The Hall–Kier alpha value is -2.17. The number of likely N-dealkylation sites (tertiary alicyclic amines) is 1. The molecule has 0 spiro atoms. The molecule has 0 saturated carbocycles. The van der Waals surface area contributed by atoms with Crippen LogP contribution in [0.15, 0.2) is 59.3 Å². The summed E-state index contributed by atoms with van der Waals surface area (Å²) in [4.78, 5) is 7.04. The number of rotatable bonds is 6. The molecule has 142 valence electrons. The smallest absolute Gasteiger partial charge is 0.134 e. The number of furan rings is 1. The van der Waals surface area contributed by atoms with Crippen LogP contribution in [0.5, 0.6) is 0 Å². The second kappa shape index (κ2) is 7.10. The van der Waals surface area contributed by atoms with E-state index in [2.05, 4.69) is 48.0 Å². The number of hydrogen-bond donors (Lipinski definition) is 1. The van der Waals surface area contributed by atoms with Gasteiger partial charge in [0.2, 0.25) is 0 Å². The molecule has 27 heavy (non-hydrogen) atoms. The van der Waals surface area contributed by atoms with Crippen molar-refractivity contribution in [2.45, 2.75) is 38.6 Å². The van der Waals surface area contributed by atoms with Crippen LogP contribution in [0.2, 0.25) is 0 Å². The molecule has 3 aromatic rings. The number of aliphatic hydroxyl groups is 1. The van der Waals surface area contributed by atoms with Gasteiger partial charge < -0.3 is 9.52 Å². The fraction of sp³-hybridized carbons (Fsp3) is 0.435. The Balaban J connectivity index is 1.47. The lowest BCUT2D eigenvalue weighted by molar-refractivity contribution is 0.0854. The van der Waals surface area contributed by atoms with Crippen molar-refractivity contribution in [3.8, 4) is 0 Å². The molecule has 4 nitrogen and oxygen atoms in total. The van der Waals surface area contributed by atoms with E-state index in [4.69, 9.17) is 4.42 Å². The number of nitrogens with zero attached hydrogens (tertiary/aromatic N) is 2. The van der Waals surface area contributed by atoms with Crippen molar-refractivity contribution in [2.24, 2.45) is 5.41 Å². The predicted molar refractivity (Wildman–Crippen MR) is 108 cm³/mol. The normalized spacial score (nSPS) is 21.1. The van der Waals surface area contributed by atoms with Crippen molar-refractivity contribution in [1.29, 1.82) is 0 Å². The monoisotopic (exact) mass is 364 g/mol. The average molecular weight is 364 g/mol. The van der Waals surface area contributed by atoms with Gasteiger partial charge in [-0.1, -0.05) is 18.2 Å². The zero-order chi connectivity index (χ0) is 18.9. The molecular formula is C23H28N2O2. The van der Waals surface area contributed by atoms with Gasteiger partial charge in [-0.2, -0.15) is 0 Å². The van der Waals surface area contributed by atoms with Gasteiger partial charge in [0.15, 0.2) is 0 Å².